The van der Waals surface area contributed by atoms with Gasteiger partial charge < -0.3 is 10.1 Å². The molecule has 0 aliphatic heterocycles. The van der Waals surface area contributed by atoms with Crippen molar-refractivity contribution < 1.29 is 17.9 Å². The summed E-state index contributed by atoms with van der Waals surface area (Å²) in [6.07, 6.45) is 3.99. The molecule has 1 aromatic rings. The number of hydrogen-bond donors (Lipinski definition) is 2. The molecule has 0 saturated heterocycles. The Kier molecular flexibility index (Phi) is 4.10. The molecule has 3 N–H and O–H groups in total. The van der Waals surface area contributed by atoms with Crippen LogP contribution in [0.2, 0.25) is 0 Å². The van der Waals surface area contributed by atoms with E-state index in [-0.39, 0.29) is 6.04 Å². The number of carbonyl (C=O) groups excluding carboxylic acids is 1. The van der Waals surface area contributed by atoms with Crippen molar-refractivity contribution in [3.05, 3.63) is 29.3 Å². The van der Waals surface area contributed by atoms with Crippen LogP contribution in [0.25, 0.3) is 0 Å². The minimum atomic E-state index is -3.90. The minimum Gasteiger partial charge on any atom is -0.497 e. The van der Waals surface area contributed by atoms with Gasteiger partial charge in [-0.2, -0.15) is 0 Å². The molecule has 23 heavy (non-hydrogen) atoms. The molecule has 1 saturated carbocycles. The summed E-state index contributed by atoms with van der Waals surface area (Å²) in [6.45, 7) is 0. The first-order valence-corrected chi connectivity index (χ1v) is 9.42. The van der Waals surface area contributed by atoms with E-state index in [0.717, 1.165) is 36.1 Å². The van der Waals surface area contributed by atoms with E-state index in [1.165, 1.54) is 0 Å². The van der Waals surface area contributed by atoms with Crippen molar-refractivity contribution in [2.24, 2.45) is 5.14 Å². The Morgan fingerprint density at radius 3 is 2.65 bits per heavy atom. The Morgan fingerprint density at radius 1 is 1.35 bits per heavy atom. The fourth-order valence-corrected chi connectivity index (χ4v) is 4.67. The van der Waals surface area contributed by atoms with Crippen molar-refractivity contribution in [1.82, 2.24) is 5.32 Å². The van der Waals surface area contributed by atoms with E-state index in [2.05, 4.69) is 5.32 Å². The van der Waals surface area contributed by atoms with Gasteiger partial charge in [-0.05, 0) is 61.8 Å². The molecule has 2 aliphatic carbocycles. The predicted molar refractivity (Wildman–Crippen MR) is 86.5 cm³/mol. The molecule has 7 heteroatoms. The highest BCUT2D eigenvalue weighted by atomic mass is 32.2. The maximum atomic E-state index is 12.6. The normalized spacial score (nSPS) is 22.6. The maximum absolute atomic E-state index is 12.6. The molecular formula is C16H22N2O4S. The van der Waals surface area contributed by atoms with Crippen LogP contribution >= 0.6 is 0 Å². The summed E-state index contributed by atoms with van der Waals surface area (Å²) < 4.78 is 27.5. The number of methoxy groups -OCH3 is 1. The van der Waals surface area contributed by atoms with Crippen LogP contribution in [0.15, 0.2) is 18.2 Å². The summed E-state index contributed by atoms with van der Waals surface area (Å²) in [4.78, 5) is 12.6. The van der Waals surface area contributed by atoms with Gasteiger partial charge in [0.25, 0.3) is 0 Å². The lowest BCUT2D eigenvalue weighted by Gasteiger charge is -2.39. The number of fused-ring (bicyclic) bond motifs is 1. The number of primary sulfonamides is 1. The number of carbonyl (C=O) groups is 1. The molecule has 126 valence electrons. The number of sulfonamides is 1. The van der Waals surface area contributed by atoms with E-state index in [0.29, 0.717) is 19.3 Å². The standard InChI is InChI=1S/C16H22N2O4S/c1-22-12-6-7-13-11(10-12)4-2-5-14(13)18-15(19)16(8-3-9-16)23(17,20)21/h6-7,10,14H,2-5,8-9H2,1H3,(H,18,19)(H2,17,20,21). The van der Waals surface area contributed by atoms with Gasteiger partial charge >= 0.3 is 0 Å². The zero-order chi connectivity index (χ0) is 16.7. The molecule has 0 heterocycles. The van der Waals surface area contributed by atoms with Crippen LogP contribution < -0.4 is 15.2 Å². The molecule has 1 unspecified atom stereocenters. The SMILES string of the molecule is COc1ccc2c(c1)CCCC2NC(=O)C1(S(N)(=O)=O)CCC1. The van der Waals surface area contributed by atoms with Crippen LogP contribution in [0.3, 0.4) is 0 Å². The van der Waals surface area contributed by atoms with Gasteiger partial charge in [0, 0.05) is 0 Å². The highest BCUT2D eigenvalue weighted by molar-refractivity contribution is 7.91. The highest BCUT2D eigenvalue weighted by Crippen LogP contribution is 2.40. The molecule has 0 bridgehead atoms. The average molecular weight is 338 g/mol. The van der Waals surface area contributed by atoms with Crippen LogP contribution in [0.1, 0.15) is 49.3 Å². The lowest BCUT2D eigenvalue weighted by atomic mass is 9.82. The largest absolute Gasteiger partial charge is 0.497 e. The van der Waals surface area contributed by atoms with Gasteiger partial charge in [0.15, 0.2) is 4.75 Å². The molecule has 1 amide bonds. The summed E-state index contributed by atoms with van der Waals surface area (Å²) in [6, 6.07) is 5.62. The van der Waals surface area contributed by atoms with Crippen LogP contribution in [-0.4, -0.2) is 26.2 Å². The van der Waals surface area contributed by atoms with E-state index in [1.54, 1.807) is 7.11 Å². The topological polar surface area (TPSA) is 98.5 Å². The molecule has 3 rings (SSSR count). The number of ether oxygens (including phenoxy) is 1. The second-order valence-electron chi connectivity index (χ2n) is 6.38. The van der Waals surface area contributed by atoms with E-state index >= 15 is 0 Å². The van der Waals surface area contributed by atoms with Gasteiger partial charge in [-0.1, -0.05) is 6.07 Å². The van der Waals surface area contributed by atoms with Gasteiger partial charge in [0.05, 0.1) is 13.2 Å². The van der Waals surface area contributed by atoms with Gasteiger partial charge in [-0.3, -0.25) is 4.79 Å². The Hall–Kier alpha value is -1.60. The first kappa shape index (κ1) is 16.3. The van der Waals surface area contributed by atoms with Gasteiger partial charge in [0.2, 0.25) is 15.9 Å². The number of amides is 1. The highest BCUT2D eigenvalue weighted by Gasteiger charge is 2.54. The first-order chi connectivity index (χ1) is 10.9. The van der Waals surface area contributed by atoms with Crippen LogP contribution in [-0.2, 0) is 21.2 Å². The first-order valence-electron chi connectivity index (χ1n) is 7.87. The zero-order valence-electron chi connectivity index (χ0n) is 13.2. The molecule has 1 fully saturated rings. The summed E-state index contributed by atoms with van der Waals surface area (Å²) in [5.41, 5.74) is 2.17. The molecule has 1 aromatic carbocycles. The maximum Gasteiger partial charge on any atom is 0.243 e. The molecule has 0 spiro atoms. The summed E-state index contributed by atoms with van der Waals surface area (Å²) in [7, 11) is -2.28. The minimum absolute atomic E-state index is 0.170. The van der Waals surface area contributed by atoms with Crippen molar-refractivity contribution in [2.45, 2.75) is 49.3 Å². The zero-order valence-corrected chi connectivity index (χ0v) is 14.0. The van der Waals surface area contributed by atoms with E-state index < -0.39 is 20.7 Å². The van der Waals surface area contributed by atoms with Gasteiger partial charge in [-0.25, -0.2) is 13.6 Å². The second-order valence-corrected chi connectivity index (χ2v) is 8.25. The van der Waals surface area contributed by atoms with Crippen molar-refractivity contribution in [3.8, 4) is 5.75 Å². The fraction of sp³-hybridized carbons (Fsp3) is 0.562. The number of benzene rings is 1. The van der Waals surface area contributed by atoms with Crippen molar-refractivity contribution in [1.29, 1.82) is 0 Å². The van der Waals surface area contributed by atoms with E-state index in [4.69, 9.17) is 9.88 Å². The molecule has 1 atom stereocenters. The number of aryl methyl sites for hydroxylation is 1. The lowest BCUT2D eigenvalue weighted by molar-refractivity contribution is -0.126. The Balaban J connectivity index is 1.84. The van der Waals surface area contributed by atoms with Gasteiger partial charge in [-0.15, -0.1) is 0 Å². The number of hydrogen-bond acceptors (Lipinski definition) is 4. The van der Waals surface area contributed by atoms with Crippen LogP contribution in [0.5, 0.6) is 5.75 Å². The predicted octanol–water partition coefficient (Wildman–Crippen LogP) is 1.40. The summed E-state index contributed by atoms with van der Waals surface area (Å²) in [5, 5.41) is 8.23. The number of nitrogens with two attached hydrogens (primary N) is 1. The second kappa shape index (κ2) is 5.79. The molecule has 6 nitrogen and oxygen atoms in total. The third-order valence-corrected chi connectivity index (χ3v) is 6.77. The van der Waals surface area contributed by atoms with Crippen molar-refractivity contribution in [2.75, 3.05) is 7.11 Å². The quantitative estimate of drug-likeness (QED) is 0.867. The molecular weight excluding hydrogens is 316 g/mol. The molecule has 0 aromatic heterocycles. The van der Waals surface area contributed by atoms with E-state index in [9.17, 15) is 13.2 Å². The Morgan fingerprint density at radius 2 is 2.09 bits per heavy atom. The third-order valence-electron chi connectivity index (χ3n) is 5.09. The number of rotatable bonds is 4. The summed E-state index contributed by atoms with van der Waals surface area (Å²) in [5.74, 6) is 0.329. The molecule has 2 aliphatic rings. The fourth-order valence-electron chi connectivity index (χ4n) is 3.50. The summed E-state index contributed by atoms with van der Waals surface area (Å²) >= 11 is 0. The Bertz CT molecular complexity index is 726. The monoisotopic (exact) mass is 338 g/mol. The van der Waals surface area contributed by atoms with Gasteiger partial charge in [0.1, 0.15) is 5.75 Å². The van der Waals surface area contributed by atoms with E-state index in [1.807, 2.05) is 18.2 Å². The van der Waals surface area contributed by atoms with Crippen LogP contribution in [0, 0.1) is 0 Å². The Labute approximate surface area is 136 Å². The van der Waals surface area contributed by atoms with Crippen LogP contribution in [0.4, 0.5) is 0 Å². The smallest absolute Gasteiger partial charge is 0.243 e. The number of nitrogens with one attached hydrogen (secondary N) is 1. The molecule has 0 radical (unpaired) electrons. The van der Waals surface area contributed by atoms with Crippen molar-refractivity contribution in [3.63, 3.8) is 0 Å². The van der Waals surface area contributed by atoms with Crippen molar-refractivity contribution >= 4 is 15.9 Å². The lowest BCUT2D eigenvalue weighted by Crippen LogP contribution is -2.59. The average Bonchev–Trinajstić information content (AvgIpc) is 2.44. The third kappa shape index (κ3) is 2.72.